The Morgan fingerprint density at radius 2 is 2.00 bits per heavy atom. The lowest BCUT2D eigenvalue weighted by Gasteiger charge is -2.13. The number of amides is 1. The van der Waals surface area contributed by atoms with E-state index in [0.717, 1.165) is 44.2 Å². The SMILES string of the molecule is CCNC(=NCc1ccc(OC)c(NC(C)=O)c1)NCCCOCC(C)C.I. The van der Waals surface area contributed by atoms with Crippen molar-refractivity contribution in [3.63, 3.8) is 0 Å². The molecular weight excluding hydrogens is 471 g/mol. The molecule has 0 saturated carbocycles. The zero-order valence-corrected chi connectivity index (χ0v) is 20.0. The lowest BCUT2D eigenvalue weighted by molar-refractivity contribution is -0.114. The Labute approximate surface area is 186 Å². The first kappa shape index (κ1) is 26.4. The van der Waals surface area contributed by atoms with E-state index in [0.29, 0.717) is 23.9 Å². The topological polar surface area (TPSA) is 84.0 Å². The van der Waals surface area contributed by atoms with Crippen molar-refractivity contribution in [2.24, 2.45) is 10.9 Å². The number of hydrogen-bond donors (Lipinski definition) is 3. The molecule has 0 aliphatic rings. The van der Waals surface area contributed by atoms with E-state index in [-0.39, 0.29) is 29.9 Å². The normalized spacial score (nSPS) is 11.0. The number of carbonyl (C=O) groups is 1. The Balaban J connectivity index is 0.00000729. The molecule has 0 heterocycles. The molecule has 0 saturated heterocycles. The van der Waals surface area contributed by atoms with Gasteiger partial charge in [-0.2, -0.15) is 0 Å². The largest absolute Gasteiger partial charge is 0.495 e. The lowest BCUT2D eigenvalue weighted by atomic mass is 10.2. The van der Waals surface area contributed by atoms with Crippen molar-refractivity contribution in [2.75, 3.05) is 38.7 Å². The van der Waals surface area contributed by atoms with Crippen LogP contribution in [0.5, 0.6) is 5.75 Å². The number of rotatable bonds is 11. The fraction of sp³-hybridized carbons (Fsp3) is 0.600. The van der Waals surface area contributed by atoms with E-state index in [9.17, 15) is 4.79 Å². The first-order valence-electron chi connectivity index (χ1n) is 9.50. The van der Waals surface area contributed by atoms with Crippen LogP contribution in [0.25, 0.3) is 0 Å². The summed E-state index contributed by atoms with van der Waals surface area (Å²) in [6.45, 7) is 11.4. The quantitative estimate of drug-likeness (QED) is 0.186. The fourth-order valence-corrected chi connectivity index (χ4v) is 2.35. The molecule has 7 nitrogen and oxygen atoms in total. The summed E-state index contributed by atoms with van der Waals surface area (Å²) in [5, 5.41) is 9.33. The molecule has 3 N–H and O–H groups in total. The minimum Gasteiger partial charge on any atom is -0.495 e. The second kappa shape index (κ2) is 15.4. The summed E-state index contributed by atoms with van der Waals surface area (Å²) in [4.78, 5) is 16.0. The molecule has 1 rings (SSSR count). The number of anilines is 1. The average molecular weight is 506 g/mol. The van der Waals surface area contributed by atoms with E-state index < -0.39 is 0 Å². The van der Waals surface area contributed by atoms with Gasteiger partial charge in [0.2, 0.25) is 5.91 Å². The highest BCUT2D eigenvalue weighted by atomic mass is 127. The number of halogens is 1. The summed E-state index contributed by atoms with van der Waals surface area (Å²) < 4.78 is 10.9. The Morgan fingerprint density at radius 3 is 2.61 bits per heavy atom. The molecular formula is C20H35IN4O3. The van der Waals surface area contributed by atoms with Crippen molar-refractivity contribution in [3.8, 4) is 5.75 Å². The summed E-state index contributed by atoms with van der Waals surface area (Å²) in [5.41, 5.74) is 1.63. The first-order chi connectivity index (χ1) is 13.0. The number of nitrogens with zero attached hydrogens (tertiary/aromatic N) is 1. The average Bonchev–Trinajstić information content (AvgIpc) is 2.61. The van der Waals surface area contributed by atoms with Crippen LogP contribution in [0.4, 0.5) is 5.69 Å². The smallest absolute Gasteiger partial charge is 0.221 e. The van der Waals surface area contributed by atoms with E-state index in [1.165, 1.54) is 6.92 Å². The Morgan fingerprint density at radius 1 is 1.25 bits per heavy atom. The van der Waals surface area contributed by atoms with E-state index in [4.69, 9.17) is 9.47 Å². The molecule has 0 unspecified atom stereocenters. The monoisotopic (exact) mass is 506 g/mol. The minimum absolute atomic E-state index is 0. The Bertz CT molecular complexity index is 609. The molecule has 1 aromatic carbocycles. The third-order valence-electron chi connectivity index (χ3n) is 3.55. The summed E-state index contributed by atoms with van der Waals surface area (Å²) >= 11 is 0. The summed E-state index contributed by atoms with van der Waals surface area (Å²) in [6, 6.07) is 5.66. The molecule has 0 radical (unpaired) electrons. The number of hydrogen-bond acceptors (Lipinski definition) is 4. The van der Waals surface area contributed by atoms with Gasteiger partial charge in [0.15, 0.2) is 5.96 Å². The molecule has 0 aromatic heterocycles. The van der Waals surface area contributed by atoms with Crippen LogP contribution in [0.3, 0.4) is 0 Å². The zero-order valence-electron chi connectivity index (χ0n) is 17.6. The van der Waals surface area contributed by atoms with Crippen LogP contribution < -0.4 is 20.7 Å². The van der Waals surface area contributed by atoms with E-state index >= 15 is 0 Å². The molecule has 0 aliphatic heterocycles. The van der Waals surface area contributed by atoms with E-state index in [1.54, 1.807) is 7.11 Å². The van der Waals surface area contributed by atoms with Crippen LogP contribution >= 0.6 is 24.0 Å². The van der Waals surface area contributed by atoms with Crippen LogP contribution in [0.1, 0.15) is 39.7 Å². The number of aliphatic imine (C=N–C) groups is 1. The number of guanidine groups is 1. The number of ether oxygens (including phenoxy) is 2. The van der Waals surface area contributed by atoms with Gasteiger partial charge in [-0.25, -0.2) is 4.99 Å². The van der Waals surface area contributed by atoms with Gasteiger partial charge in [0, 0.05) is 33.2 Å². The maximum absolute atomic E-state index is 11.3. The summed E-state index contributed by atoms with van der Waals surface area (Å²) in [7, 11) is 1.58. The maximum atomic E-state index is 11.3. The molecule has 1 aromatic rings. The van der Waals surface area contributed by atoms with Gasteiger partial charge in [-0.15, -0.1) is 24.0 Å². The molecule has 0 aliphatic carbocycles. The number of methoxy groups -OCH3 is 1. The second-order valence-corrected chi connectivity index (χ2v) is 6.66. The lowest BCUT2D eigenvalue weighted by Crippen LogP contribution is -2.38. The van der Waals surface area contributed by atoms with Crippen LogP contribution in [0.2, 0.25) is 0 Å². The van der Waals surface area contributed by atoms with Crippen LogP contribution in [-0.2, 0) is 16.1 Å². The minimum atomic E-state index is -0.136. The van der Waals surface area contributed by atoms with Gasteiger partial charge in [-0.05, 0) is 37.0 Å². The molecule has 0 bridgehead atoms. The van der Waals surface area contributed by atoms with E-state index in [1.807, 2.05) is 25.1 Å². The number of nitrogens with one attached hydrogen (secondary N) is 3. The third-order valence-corrected chi connectivity index (χ3v) is 3.55. The van der Waals surface area contributed by atoms with Crippen molar-refractivity contribution in [1.82, 2.24) is 10.6 Å². The third kappa shape index (κ3) is 11.3. The summed E-state index contributed by atoms with van der Waals surface area (Å²) in [5.74, 6) is 1.81. The molecule has 0 spiro atoms. The van der Waals surface area contributed by atoms with Crippen LogP contribution in [-0.4, -0.2) is 45.3 Å². The maximum Gasteiger partial charge on any atom is 0.221 e. The first-order valence-corrected chi connectivity index (χ1v) is 9.50. The number of carbonyl (C=O) groups excluding carboxylic acids is 1. The molecule has 1 amide bonds. The number of benzene rings is 1. The highest BCUT2D eigenvalue weighted by molar-refractivity contribution is 14.0. The van der Waals surface area contributed by atoms with Crippen molar-refractivity contribution in [3.05, 3.63) is 23.8 Å². The van der Waals surface area contributed by atoms with Crippen molar-refractivity contribution in [2.45, 2.75) is 40.7 Å². The van der Waals surface area contributed by atoms with Gasteiger partial charge < -0.3 is 25.4 Å². The highest BCUT2D eigenvalue weighted by Crippen LogP contribution is 2.25. The van der Waals surface area contributed by atoms with Crippen molar-refractivity contribution in [1.29, 1.82) is 0 Å². The highest BCUT2D eigenvalue weighted by Gasteiger charge is 2.06. The van der Waals surface area contributed by atoms with Crippen molar-refractivity contribution < 1.29 is 14.3 Å². The predicted octanol–water partition coefficient (Wildman–Crippen LogP) is 3.39. The molecule has 8 heteroatoms. The molecule has 0 fully saturated rings. The molecule has 160 valence electrons. The Kier molecular flexibility index (Phi) is 14.5. The fourth-order valence-electron chi connectivity index (χ4n) is 2.35. The Hall–Kier alpha value is -1.55. The van der Waals surface area contributed by atoms with Crippen LogP contribution in [0.15, 0.2) is 23.2 Å². The van der Waals surface area contributed by atoms with Gasteiger partial charge in [0.1, 0.15) is 5.75 Å². The van der Waals surface area contributed by atoms with E-state index in [2.05, 4.69) is 34.8 Å². The molecule has 28 heavy (non-hydrogen) atoms. The zero-order chi connectivity index (χ0) is 20.1. The van der Waals surface area contributed by atoms with Crippen molar-refractivity contribution >= 4 is 41.5 Å². The predicted molar refractivity (Wildman–Crippen MR) is 126 cm³/mol. The second-order valence-electron chi connectivity index (χ2n) is 6.66. The molecule has 0 atom stereocenters. The van der Waals surface area contributed by atoms with Gasteiger partial charge in [-0.1, -0.05) is 19.9 Å². The van der Waals surface area contributed by atoms with Gasteiger partial charge in [0.25, 0.3) is 0 Å². The van der Waals surface area contributed by atoms with Gasteiger partial charge >= 0.3 is 0 Å². The van der Waals surface area contributed by atoms with Crippen LogP contribution in [0, 0.1) is 5.92 Å². The standard InChI is InChI=1S/C20H34N4O3.HI/c1-6-21-20(22-10-7-11-27-14-15(2)3)23-13-17-8-9-19(26-5)18(12-17)24-16(4)25;/h8-9,12,15H,6-7,10-11,13-14H2,1-5H3,(H,24,25)(H2,21,22,23);1H. The van der Waals surface area contributed by atoms with Gasteiger partial charge in [-0.3, -0.25) is 4.79 Å². The van der Waals surface area contributed by atoms with Gasteiger partial charge in [0.05, 0.1) is 19.3 Å². The summed E-state index contributed by atoms with van der Waals surface area (Å²) in [6.07, 6.45) is 0.923.